The Morgan fingerprint density at radius 3 is 2.52 bits per heavy atom. The summed E-state index contributed by atoms with van der Waals surface area (Å²) in [6.45, 7) is 4.25. The monoisotopic (exact) mass is 355 g/mol. The molecule has 1 rings (SSSR count). The molecule has 9 heteroatoms. The molecule has 5 N–H and O–H groups in total. The van der Waals surface area contributed by atoms with Gasteiger partial charge in [-0.25, -0.2) is 9.87 Å². The second kappa shape index (κ2) is 8.41. The first-order valence-electron chi connectivity index (χ1n) is 7.17. The molecule has 0 saturated heterocycles. The number of halogens is 2. The molecule has 0 bridgehead atoms. The number of nitrogens with two attached hydrogens (primary N) is 1. The molecule has 1 unspecified atom stereocenters. The van der Waals surface area contributed by atoms with Crippen LogP contribution >= 0.6 is 0 Å². The topological polar surface area (TPSA) is 114 Å². The van der Waals surface area contributed by atoms with Crippen molar-refractivity contribution in [3.05, 3.63) is 29.3 Å². The van der Waals surface area contributed by atoms with E-state index in [1.165, 1.54) is 19.3 Å². The molecule has 0 aliphatic carbocycles. The molecule has 1 aromatic carbocycles. The molecule has 0 heterocycles. The quantitative estimate of drug-likeness (QED) is 0.341. The van der Waals surface area contributed by atoms with Gasteiger partial charge >= 0.3 is 0 Å². The summed E-state index contributed by atoms with van der Waals surface area (Å²) < 4.78 is 33.0. The van der Waals surface area contributed by atoms with E-state index in [9.17, 15) is 18.4 Å². The van der Waals surface area contributed by atoms with Gasteiger partial charge in [0, 0.05) is 5.54 Å². The number of rotatable bonds is 6. The average molecular weight is 355 g/mol. The smallest absolute Gasteiger partial charge is 0.267 e. The minimum Gasteiger partial charge on any atom is -0.478 e. The number of nitrogens with one attached hydrogen (secondary N) is 2. The normalized spacial score (nSPS) is 11.8. The standard InChI is InChI=1S/C16H19F2N3O4/c1-4-5-8-25-10-7-6-9(11(17)12(10)18)14(22)20-13(15(23)21-24)16(2,3)19/h6-7,13,24H,8,19H2,1-3H3,(H,20,22)(H,21,23). The highest BCUT2D eigenvalue weighted by Crippen LogP contribution is 2.23. The third-order valence-corrected chi connectivity index (χ3v) is 3.16. The SMILES string of the molecule is CC#CCOc1ccc(C(=O)NC(C(=O)NO)C(C)(C)N)c(F)c1F. The fourth-order valence-corrected chi connectivity index (χ4v) is 1.87. The third-order valence-electron chi connectivity index (χ3n) is 3.16. The highest BCUT2D eigenvalue weighted by Gasteiger charge is 2.34. The minimum absolute atomic E-state index is 0.140. The maximum Gasteiger partial charge on any atom is 0.267 e. The summed E-state index contributed by atoms with van der Waals surface area (Å²) in [4.78, 5) is 23.8. The van der Waals surface area contributed by atoms with Gasteiger partial charge in [-0.1, -0.05) is 5.92 Å². The average Bonchev–Trinajstić information content (AvgIpc) is 2.54. The van der Waals surface area contributed by atoms with Crippen LogP contribution in [0.4, 0.5) is 8.78 Å². The fraction of sp³-hybridized carbons (Fsp3) is 0.375. The molecule has 136 valence electrons. The Balaban J connectivity index is 3.06. The van der Waals surface area contributed by atoms with E-state index >= 15 is 0 Å². The molecule has 0 fully saturated rings. The lowest BCUT2D eigenvalue weighted by atomic mass is 9.95. The second-order valence-corrected chi connectivity index (χ2v) is 5.66. The molecule has 0 spiro atoms. The van der Waals surface area contributed by atoms with Crippen LogP contribution in [0, 0.1) is 23.5 Å². The van der Waals surface area contributed by atoms with Gasteiger partial charge in [-0.3, -0.25) is 14.8 Å². The first-order chi connectivity index (χ1) is 11.6. The molecule has 0 aromatic heterocycles. The van der Waals surface area contributed by atoms with E-state index in [-0.39, 0.29) is 6.61 Å². The number of carbonyl (C=O) groups excluding carboxylic acids is 2. The number of ether oxygens (including phenoxy) is 1. The summed E-state index contributed by atoms with van der Waals surface area (Å²) in [7, 11) is 0. The Kier molecular flexibility index (Phi) is 6.85. The largest absolute Gasteiger partial charge is 0.478 e. The molecule has 0 radical (unpaired) electrons. The van der Waals surface area contributed by atoms with Crippen molar-refractivity contribution in [1.82, 2.24) is 10.8 Å². The van der Waals surface area contributed by atoms with Crippen molar-refractivity contribution in [2.45, 2.75) is 32.4 Å². The van der Waals surface area contributed by atoms with Crippen molar-refractivity contribution in [1.29, 1.82) is 0 Å². The van der Waals surface area contributed by atoms with E-state index in [1.807, 2.05) is 0 Å². The lowest BCUT2D eigenvalue weighted by molar-refractivity contribution is -0.132. The van der Waals surface area contributed by atoms with Gasteiger partial charge in [-0.2, -0.15) is 4.39 Å². The predicted octanol–water partition coefficient (Wildman–Crippen LogP) is 0.708. The Morgan fingerprint density at radius 2 is 2.00 bits per heavy atom. The number of hydroxylamine groups is 1. The van der Waals surface area contributed by atoms with Crippen LogP contribution in [0.15, 0.2) is 12.1 Å². The van der Waals surface area contributed by atoms with E-state index in [0.29, 0.717) is 0 Å². The molecule has 0 aliphatic rings. The molecular weight excluding hydrogens is 336 g/mol. The highest BCUT2D eigenvalue weighted by atomic mass is 19.2. The second-order valence-electron chi connectivity index (χ2n) is 5.66. The Labute approximate surface area is 143 Å². The van der Waals surface area contributed by atoms with Crippen molar-refractivity contribution < 1.29 is 28.3 Å². The number of hydrogen-bond acceptors (Lipinski definition) is 5. The van der Waals surface area contributed by atoms with Crippen molar-refractivity contribution in [2.24, 2.45) is 5.73 Å². The van der Waals surface area contributed by atoms with E-state index in [4.69, 9.17) is 15.7 Å². The van der Waals surface area contributed by atoms with Crippen LogP contribution in [0.2, 0.25) is 0 Å². The highest BCUT2D eigenvalue weighted by molar-refractivity contribution is 5.98. The summed E-state index contributed by atoms with van der Waals surface area (Å²) in [5.41, 5.74) is 5.19. The van der Waals surface area contributed by atoms with Crippen LogP contribution in [0.1, 0.15) is 31.1 Å². The Hall–Kier alpha value is -2.70. The van der Waals surface area contributed by atoms with Gasteiger partial charge in [0.15, 0.2) is 11.6 Å². The Morgan fingerprint density at radius 1 is 1.36 bits per heavy atom. The first-order valence-corrected chi connectivity index (χ1v) is 7.17. The summed E-state index contributed by atoms with van der Waals surface area (Å²) in [5, 5.41) is 10.9. The first kappa shape index (κ1) is 20.3. The third kappa shape index (κ3) is 5.14. The maximum absolute atomic E-state index is 14.1. The number of benzene rings is 1. The summed E-state index contributed by atoms with van der Waals surface area (Å²) in [6, 6.07) is 0.683. The predicted molar refractivity (Wildman–Crippen MR) is 84.8 cm³/mol. The molecule has 1 aromatic rings. The van der Waals surface area contributed by atoms with Gasteiger partial charge < -0.3 is 15.8 Å². The molecule has 1 atom stereocenters. The van der Waals surface area contributed by atoms with Gasteiger partial charge in [0.25, 0.3) is 11.8 Å². The van der Waals surface area contributed by atoms with Gasteiger partial charge in [0.05, 0.1) is 5.56 Å². The van der Waals surface area contributed by atoms with Crippen LogP contribution in [0.25, 0.3) is 0 Å². The molecular formula is C16H19F2N3O4. The molecule has 0 aliphatic heterocycles. The van der Waals surface area contributed by atoms with E-state index < -0.39 is 46.3 Å². The van der Waals surface area contributed by atoms with Crippen LogP contribution < -0.4 is 21.3 Å². The Bertz CT molecular complexity index is 721. The van der Waals surface area contributed by atoms with Crippen molar-refractivity contribution in [2.75, 3.05) is 6.61 Å². The number of hydrogen-bond donors (Lipinski definition) is 4. The maximum atomic E-state index is 14.1. The van der Waals surface area contributed by atoms with Crippen LogP contribution in [0.5, 0.6) is 5.75 Å². The van der Waals surface area contributed by atoms with E-state index in [1.54, 1.807) is 6.92 Å². The number of amides is 2. The van der Waals surface area contributed by atoms with Crippen molar-refractivity contribution in [3.63, 3.8) is 0 Å². The van der Waals surface area contributed by atoms with Gasteiger partial charge in [0.2, 0.25) is 5.82 Å². The van der Waals surface area contributed by atoms with Crippen LogP contribution in [0.3, 0.4) is 0 Å². The molecule has 7 nitrogen and oxygen atoms in total. The fourth-order valence-electron chi connectivity index (χ4n) is 1.87. The van der Waals surface area contributed by atoms with Gasteiger partial charge in [0.1, 0.15) is 12.6 Å². The van der Waals surface area contributed by atoms with Crippen LogP contribution in [-0.4, -0.2) is 35.2 Å². The van der Waals surface area contributed by atoms with Gasteiger partial charge in [-0.05, 0) is 32.9 Å². The lowest BCUT2D eigenvalue weighted by Crippen LogP contribution is -2.61. The van der Waals surface area contributed by atoms with E-state index in [2.05, 4.69) is 17.2 Å². The molecule has 2 amide bonds. The summed E-state index contributed by atoms with van der Waals surface area (Å²) >= 11 is 0. The van der Waals surface area contributed by atoms with Crippen molar-refractivity contribution >= 4 is 11.8 Å². The molecule has 0 saturated carbocycles. The molecule has 25 heavy (non-hydrogen) atoms. The van der Waals surface area contributed by atoms with Gasteiger partial charge in [-0.15, -0.1) is 5.92 Å². The minimum atomic E-state index is -1.45. The summed E-state index contributed by atoms with van der Waals surface area (Å²) in [5.74, 6) is -0.242. The zero-order valence-corrected chi connectivity index (χ0v) is 13.9. The zero-order chi connectivity index (χ0) is 19.2. The zero-order valence-electron chi connectivity index (χ0n) is 13.9. The van der Waals surface area contributed by atoms with E-state index in [0.717, 1.165) is 12.1 Å². The lowest BCUT2D eigenvalue weighted by Gasteiger charge is -2.29. The van der Waals surface area contributed by atoms with Crippen LogP contribution in [-0.2, 0) is 4.79 Å². The summed E-state index contributed by atoms with van der Waals surface area (Å²) in [6.07, 6.45) is 0. The van der Waals surface area contributed by atoms with Crippen molar-refractivity contribution in [3.8, 4) is 17.6 Å². The number of carbonyl (C=O) groups is 2.